The minimum absolute atomic E-state index is 0.214. The van der Waals surface area contributed by atoms with E-state index in [9.17, 15) is 18.0 Å². The molecule has 0 spiro atoms. The predicted molar refractivity (Wildman–Crippen MR) is 137 cm³/mol. The summed E-state index contributed by atoms with van der Waals surface area (Å²) in [5, 5.41) is 2.92. The Morgan fingerprint density at radius 3 is 2.24 bits per heavy atom. The number of sulfonamides is 1. The Balaban J connectivity index is 2.39. The minimum Gasteiger partial charge on any atom is -0.354 e. The first-order valence-corrected chi connectivity index (χ1v) is 13.6. The summed E-state index contributed by atoms with van der Waals surface area (Å²) >= 11 is 0. The third-order valence-electron chi connectivity index (χ3n) is 5.65. The van der Waals surface area contributed by atoms with Crippen LogP contribution in [0.3, 0.4) is 0 Å². The molecule has 0 bridgehead atoms. The van der Waals surface area contributed by atoms with Crippen molar-refractivity contribution in [2.24, 2.45) is 0 Å². The van der Waals surface area contributed by atoms with Crippen LogP contribution in [0.25, 0.3) is 0 Å². The maximum Gasteiger partial charge on any atom is 0.244 e. The number of rotatable bonds is 12. The van der Waals surface area contributed by atoms with Crippen molar-refractivity contribution >= 4 is 27.5 Å². The summed E-state index contributed by atoms with van der Waals surface area (Å²) in [6.45, 7) is 8.14. The van der Waals surface area contributed by atoms with Gasteiger partial charge in [0.05, 0.1) is 11.9 Å². The van der Waals surface area contributed by atoms with E-state index in [4.69, 9.17) is 0 Å². The van der Waals surface area contributed by atoms with Gasteiger partial charge in [-0.15, -0.1) is 0 Å². The van der Waals surface area contributed by atoms with Gasteiger partial charge in [-0.05, 0) is 44.4 Å². The number of nitrogens with zero attached hydrogens (tertiary/aromatic N) is 2. The molecule has 7 nitrogen and oxygen atoms in total. The summed E-state index contributed by atoms with van der Waals surface area (Å²) < 4.78 is 26.3. The number of amides is 2. The largest absolute Gasteiger partial charge is 0.354 e. The van der Waals surface area contributed by atoms with Crippen LogP contribution >= 0.6 is 0 Å². The number of benzene rings is 2. The van der Waals surface area contributed by atoms with Crippen LogP contribution in [0.5, 0.6) is 0 Å². The summed E-state index contributed by atoms with van der Waals surface area (Å²) in [6, 6.07) is 14.0. The molecule has 0 saturated carbocycles. The van der Waals surface area contributed by atoms with E-state index < -0.39 is 22.0 Å². The maximum atomic E-state index is 13.6. The molecule has 0 aromatic heterocycles. The van der Waals surface area contributed by atoms with E-state index >= 15 is 0 Å². The molecule has 1 N–H and O–H groups in total. The second-order valence-electron chi connectivity index (χ2n) is 8.68. The highest BCUT2D eigenvalue weighted by Gasteiger charge is 2.31. The van der Waals surface area contributed by atoms with E-state index in [-0.39, 0.29) is 19.0 Å². The summed E-state index contributed by atoms with van der Waals surface area (Å²) in [7, 11) is -3.72. The van der Waals surface area contributed by atoms with Crippen molar-refractivity contribution in [3.63, 3.8) is 0 Å². The summed E-state index contributed by atoms with van der Waals surface area (Å²) in [4.78, 5) is 28.1. The average molecular weight is 488 g/mol. The van der Waals surface area contributed by atoms with Gasteiger partial charge in [0, 0.05) is 13.1 Å². The molecule has 2 amide bonds. The van der Waals surface area contributed by atoms with E-state index in [1.165, 1.54) is 4.90 Å². The van der Waals surface area contributed by atoms with Gasteiger partial charge in [0.2, 0.25) is 21.8 Å². The summed E-state index contributed by atoms with van der Waals surface area (Å²) in [5.74, 6) is -0.650. The van der Waals surface area contributed by atoms with Crippen molar-refractivity contribution in [1.82, 2.24) is 10.2 Å². The number of hydrogen-bond acceptors (Lipinski definition) is 4. The lowest BCUT2D eigenvalue weighted by Gasteiger charge is -2.33. The van der Waals surface area contributed by atoms with Gasteiger partial charge in [0.25, 0.3) is 0 Å². The molecule has 0 unspecified atom stereocenters. The van der Waals surface area contributed by atoms with Crippen molar-refractivity contribution < 1.29 is 18.0 Å². The van der Waals surface area contributed by atoms with Crippen molar-refractivity contribution in [1.29, 1.82) is 0 Å². The molecule has 0 aliphatic heterocycles. The van der Waals surface area contributed by atoms with Gasteiger partial charge in [-0.2, -0.15) is 0 Å². The zero-order valence-electron chi connectivity index (χ0n) is 20.9. The Bertz CT molecular complexity index is 1070. The molecule has 0 fully saturated rings. The average Bonchev–Trinajstić information content (AvgIpc) is 2.77. The molecule has 34 heavy (non-hydrogen) atoms. The number of hydrogen-bond donors (Lipinski definition) is 1. The van der Waals surface area contributed by atoms with Gasteiger partial charge >= 0.3 is 0 Å². The van der Waals surface area contributed by atoms with Gasteiger partial charge < -0.3 is 10.2 Å². The first kappa shape index (κ1) is 27.4. The number of carbonyl (C=O) groups excluding carboxylic acids is 2. The number of anilines is 1. The molecule has 1 atom stereocenters. The van der Waals surface area contributed by atoms with Crippen LogP contribution in [0.15, 0.2) is 48.5 Å². The normalized spacial score (nSPS) is 12.1. The van der Waals surface area contributed by atoms with Crippen molar-refractivity contribution in [3.05, 3.63) is 65.2 Å². The molecule has 0 heterocycles. The third-order valence-corrected chi connectivity index (χ3v) is 6.79. The van der Waals surface area contributed by atoms with E-state index in [0.717, 1.165) is 40.1 Å². The zero-order valence-corrected chi connectivity index (χ0v) is 21.7. The SMILES string of the molecule is CCCCNC(=O)[C@H](CC)N(Cc1cccc(C)c1)C(=O)CN(c1ccc(C)cc1)S(C)(=O)=O. The fourth-order valence-electron chi connectivity index (χ4n) is 3.76. The first-order chi connectivity index (χ1) is 16.1. The molecule has 2 aromatic rings. The lowest BCUT2D eigenvalue weighted by atomic mass is 10.1. The second-order valence-corrected chi connectivity index (χ2v) is 10.6. The van der Waals surface area contributed by atoms with Gasteiger partial charge in [0.1, 0.15) is 12.6 Å². The molecule has 2 aromatic carbocycles. The van der Waals surface area contributed by atoms with Crippen LogP contribution < -0.4 is 9.62 Å². The van der Waals surface area contributed by atoms with E-state index in [1.54, 1.807) is 24.3 Å². The predicted octanol–water partition coefficient (Wildman–Crippen LogP) is 3.79. The standard InChI is InChI=1S/C26H37N3O4S/c1-6-8-16-27-26(31)24(7-2)28(18-22-11-9-10-21(4)17-22)25(30)19-29(34(5,32)33)23-14-12-20(3)13-15-23/h9-15,17,24H,6-8,16,18-19H2,1-5H3,(H,27,31)/t24-/m0/s1. The number of nitrogens with one attached hydrogen (secondary N) is 1. The Morgan fingerprint density at radius 1 is 1.00 bits per heavy atom. The van der Waals surface area contributed by atoms with Gasteiger partial charge in [-0.1, -0.05) is 67.8 Å². The van der Waals surface area contributed by atoms with Gasteiger partial charge in [-0.25, -0.2) is 8.42 Å². The van der Waals surface area contributed by atoms with Crippen molar-refractivity contribution in [3.8, 4) is 0 Å². The quantitative estimate of drug-likeness (QED) is 0.462. The second kappa shape index (κ2) is 12.6. The van der Waals surface area contributed by atoms with Crippen molar-refractivity contribution in [2.45, 2.75) is 59.5 Å². The lowest BCUT2D eigenvalue weighted by Crippen LogP contribution is -2.52. The van der Waals surface area contributed by atoms with Crippen LogP contribution in [0.4, 0.5) is 5.69 Å². The fraction of sp³-hybridized carbons (Fsp3) is 0.462. The molecule has 0 aliphatic carbocycles. The summed E-state index contributed by atoms with van der Waals surface area (Å²) in [6.07, 6.45) is 3.30. The summed E-state index contributed by atoms with van der Waals surface area (Å²) in [5.41, 5.74) is 3.33. The fourth-order valence-corrected chi connectivity index (χ4v) is 4.61. The Morgan fingerprint density at radius 2 is 1.68 bits per heavy atom. The van der Waals surface area contributed by atoms with E-state index in [1.807, 2.05) is 52.0 Å². The molecule has 2 rings (SSSR count). The van der Waals surface area contributed by atoms with Crippen LogP contribution in [0.2, 0.25) is 0 Å². The molecule has 0 radical (unpaired) electrons. The highest BCUT2D eigenvalue weighted by atomic mass is 32.2. The molecule has 186 valence electrons. The van der Waals surface area contributed by atoms with Crippen molar-refractivity contribution in [2.75, 3.05) is 23.7 Å². The van der Waals surface area contributed by atoms with Crippen LogP contribution in [0, 0.1) is 13.8 Å². The topological polar surface area (TPSA) is 86.8 Å². The number of aryl methyl sites for hydroxylation is 2. The Kier molecular flexibility index (Phi) is 10.1. The van der Waals surface area contributed by atoms with Crippen LogP contribution in [-0.2, 0) is 26.2 Å². The Hall–Kier alpha value is -2.87. The first-order valence-electron chi connectivity index (χ1n) is 11.7. The highest BCUT2D eigenvalue weighted by Crippen LogP contribution is 2.20. The molecule has 0 saturated heterocycles. The van der Waals surface area contributed by atoms with E-state index in [0.29, 0.717) is 18.7 Å². The minimum atomic E-state index is -3.72. The Labute approximate surface area is 204 Å². The van der Waals surface area contributed by atoms with Gasteiger partial charge in [0.15, 0.2) is 0 Å². The highest BCUT2D eigenvalue weighted by molar-refractivity contribution is 7.92. The lowest BCUT2D eigenvalue weighted by molar-refractivity contribution is -0.140. The van der Waals surface area contributed by atoms with Crippen LogP contribution in [0.1, 0.15) is 49.8 Å². The number of unbranched alkanes of at least 4 members (excludes halogenated alkanes) is 1. The van der Waals surface area contributed by atoms with Crippen LogP contribution in [-0.4, -0.2) is 50.5 Å². The number of carbonyl (C=O) groups is 2. The third kappa shape index (κ3) is 7.87. The monoisotopic (exact) mass is 487 g/mol. The zero-order chi connectivity index (χ0) is 25.3. The smallest absolute Gasteiger partial charge is 0.244 e. The molecular formula is C26H37N3O4S. The molecule has 0 aliphatic rings. The molecular weight excluding hydrogens is 450 g/mol. The van der Waals surface area contributed by atoms with E-state index in [2.05, 4.69) is 5.32 Å². The van der Waals surface area contributed by atoms with Gasteiger partial charge in [-0.3, -0.25) is 13.9 Å². The molecule has 8 heteroatoms. The maximum absolute atomic E-state index is 13.6.